The van der Waals surface area contributed by atoms with Crippen LogP contribution in [-0.2, 0) is 16.3 Å². The number of rotatable bonds is 2. The van der Waals surface area contributed by atoms with Gasteiger partial charge in [0.25, 0.3) is 0 Å². The van der Waals surface area contributed by atoms with Crippen molar-refractivity contribution in [1.29, 1.82) is 0 Å². The summed E-state index contributed by atoms with van der Waals surface area (Å²) in [6.07, 6.45) is 2.11. The summed E-state index contributed by atoms with van der Waals surface area (Å²) in [7, 11) is -2.91. The Morgan fingerprint density at radius 1 is 1.41 bits per heavy atom. The molecule has 1 aliphatic rings. The first-order valence-corrected chi connectivity index (χ1v) is 7.53. The Morgan fingerprint density at radius 3 is 2.88 bits per heavy atom. The molecule has 1 fully saturated rings. The number of halogens is 1. The summed E-state index contributed by atoms with van der Waals surface area (Å²) in [5.74, 6) is 0.219. The topological polar surface area (TPSA) is 60.2 Å². The minimum Gasteiger partial charge on any atom is -0.399 e. The van der Waals surface area contributed by atoms with Gasteiger partial charge in [0.2, 0.25) is 0 Å². The van der Waals surface area contributed by atoms with Crippen molar-refractivity contribution in [3.63, 3.8) is 0 Å². The number of nitrogens with two attached hydrogens (primary N) is 1. The van der Waals surface area contributed by atoms with Crippen molar-refractivity contribution in [1.82, 2.24) is 0 Å². The maximum absolute atomic E-state index is 13.1. The third kappa shape index (κ3) is 3.19. The van der Waals surface area contributed by atoms with Crippen molar-refractivity contribution in [3.8, 4) is 0 Å². The lowest BCUT2D eigenvalue weighted by Gasteiger charge is -2.22. The van der Waals surface area contributed by atoms with Gasteiger partial charge in [-0.15, -0.1) is 0 Å². The number of anilines is 1. The van der Waals surface area contributed by atoms with Gasteiger partial charge in [-0.3, -0.25) is 0 Å². The second-order valence-electron chi connectivity index (χ2n) is 4.67. The van der Waals surface area contributed by atoms with Crippen LogP contribution in [0.15, 0.2) is 18.2 Å². The molecule has 2 N–H and O–H groups in total. The second-order valence-corrected chi connectivity index (χ2v) is 6.90. The van der Waals surface area contributed by atoms with Gasteiger partial charge in [0.05, 0.1) is 11.5 Å². The van der Waals surface area contributed by atoms with E-state index in [9.17, 15) is 12.8 Å². The predicted molar refractivity (Wildman–Crippen MR) is 65.9 cm³/mol. The zero-order valence-electron chi connectivity index (χ0n) is 9.52. The highest BCUT2D eigenvalue weighted by atomic mass is 32.2. The van der Waals surface area contributed by atoms with E-state index in [1.54, 1.807) is 0 Å². The van der Waals surface area contributed by atoms with E-state index in [-0.39, 0.29) is 23.2 Å². The van der Waals surface area contributed by atoms with E-state index in [1.165, 1.54) is 18.2 Å². The Balaban J connectivity index is 2.13. The van der Waals surface area contributed by atoms with Gasteiger partial charge in [0.15, 0.2) is 9.84 Å². The Labute approximate surface area is 101 Å². The van der Waals surface area contributed by atoms with Crippen molar-refractivity contribution in [2.45, 2.75) is 19.3 Å². The molecule has 1 aliphatic heterocycles. The molecule has 1 unspecified atom stereocenters. The average Bonchev–Trinajstić information content (AvgIpc) is 2.22. The molecule has 17 heavy (non-hydrogen) atoms. The van der Waals surface area contributed by atoms with Crippen LogP contribution in [0.25, 0.3) is 0 Å². The highest BCUT2D eigenvalue weighted by molar-refractivity contribution is 7.91. The van der Waals surface area contributed by atoms with E-state index in [0.29, 0.717) is 24.1 Å². The highest BCUT2D eigenvalue weighted by Crippen LogP contribution is 2.25. The number of sulfone groups is 1. The number of nitrogen functional groups attached to an aromatic ring is 1. The fourth-order valence-corrected chi connectivity index (χ4v) is 4.12. The maximum Gasteiger partial charge on any atom is 0.150 e. The lowest BCUT2D eigenvalue weighted by molar-refractivity contribution is 0.483. The molecule has 1 atom stereocenters. The van der Waals surface area contributed by atoms with Crippen LogP contribution < -0.4 is 5.73 Å². The normalized spacial score (nSPS) is 23.5. The van der Waals surface area contributed by atoms with Crippen molar-refractivity contribution in [3.05, 3.63) is 29.6 Å². The summed E-state index contributed by atoms with van der Waals surface area (Å²) < 4.78 is 36.1. The molecule has 3 nitrogen and oxygen atoms in total. The summed E-state index contributed by atoms with van der Waals surface area (Å²) in [5, 5.41) is 0. The lowest BCUT2D eigenvalue weighted by Crippen LogP contribution is -2.26. The van der Waals surface area contributed by atoms with Gasteiger partial charge in [0.1, 0.15) is 5.82 Å². The van der Waals surface area contributed by atoms with E-state index < -0.39 is 9.84 Å². The molecule has 1 heterocycles. The average molecular weight is 257 g/mol. The number of hydrogen-bond donors (Lipinski definition) is 1. The summed E-state index contributed by atoms with van der Waals surface area (Å²) in [6.45, 7) is 0. The van der Waals surface area contributed by atoms with Crippen molar-refractivity contribution >= 4 is 15.5 Å². The van der Waals surface area contributed by atoms with Crippen molar-refractivity contribution in [2.75, 3.05) is 17.2 Å². The molecule has 2 rings (SSSR count). The minimum absolute atomic E-state index is 0.0675. The maximum atomic E-state index is 13.1. The number of benzene rings is 1. The van der Waals surface area contributed by atoms with Crippen molar-refractivity contribution in [2.24, 2.45) is 5.92 Å². The third-order valence-electron chi connectivity index (χ3n) is 3.17. The molecule has 0 aliphatic carbocycles. The summed E-state index contributed by atoms with van der Waals surface area (Å²) in [5.41, 5.74) is 7.01. The van der Waals surface area contributed by atoms with Gasteiger partial charge in [0, 0.05) is 5.69 Å². The minimum atomic E-state index is -2.91. The van der Waals surface area contributed by atoms with E-state index in [1.807, 2.05) is 0 Å². The first-order valence-electron chi connectivity index (χ1n) is 5.70. The monoisotopic (exact) mass is 257 g/mol. The van der Waals surface area contributed by atoms with Crippen LogP contribution in [0.3, 0.4) is 0 Å². The lowest BCUT2D eigenvalue weighted by atomic mass is 9.95. The fraction of sp³-hybridized carbons (Fsp3) is 0.500. The van der Waals surface area contributed by atoms with Crippen LogP contribution in [0.5, 0.6) is 0 Å². The van der Waals surface area contributed by atoms with Gasteiger partial charge < -0.3 is 5.73 Å². The fourth-order valence-electron chi connectivity index (χ4n) is 2.34. The molecule has 1 aromatic carbocycles. The van der Waals surface area contributed by atoms with Crippen LogP contribution in [0.1, 0.15) is 18.4 Å². The third-order valence-corrected chi connectivity index (χ3v) is 5.06. The van der Waals surface area contributed by atoms with Crippen LogP contribution in [-0.4, -0.2) is 19.9 Å². The molecule has 0 amide bonds. The smallest absolute Gasteiger partial charge is 0.150 e. The molecule has 0 aromatic heterocycles. The SMILES string of the molecule is Nc1ccc(F)cc1CC1CCCS(=O)(=O)C1. The zero-order chi connectivity index (χ0) is 12.5. The van der Waals surface area contributed by atoms with Gasteiger partial charge in [-0.2, -0.15) is 0 Å². The summed E-state index contributed by atoms with van der Waals surface area (Å²) >= 11 is 0. The Morgan fingerprint density at radius 2 is 2.18 bits per heavy atom. The molecular formula is C12H16FNO2S. The van der Waals surface area contributed by atoms with Crippen LogP contribution >= 0.6 is 0 Å². The quantitative estimate of drug-likeness (QED) is 0.821. The molecule has 94 valence electrons. The van der Waals surface area contributed by atoms with Gasteiger partial charge in [-0.1, -0.05) is 0 Å². The summed E-state index contributed by atoms with van der Waals surface area (Å²) in [6, 6.07) is 4.25. The van der Waals surface area contributed by atoms with E-state index in [2.05, 4.69) is 0 Å². The molecule has 1 saturated heterocycles. The van der Waals surface area contributed by atoms with Crippen LogP contribution in [0.2, 0.25) is 0 Å². The first-order chi connectivity index (χ1) is 7.96. The molecule has 5 heteroatoms. The molecule has 0 spiro atoms. The van der Waals surface area contributed by atoms with Crippen LogP contribution in [0.4, 0.5) is 10.1 Å². The summed E-state index contributed by atoms with van der Waals surface area (Å²) in [4.78, 5) is 0. The molecule has 0 radical (unpaired) electrons. The Kier molecular flexibility index (Phi) is 3.38. The molecular weight excluding hydrogens is 241 g/mol. The second kappa shape index (κ2) is 4.64. The zero-order valence-corrected chi connectivity index (χ0v) is 10.3. The predicted octanol–water partition coefficient (Wildman–Crippen LogP) is 1.78. The molecule has 0 bridgehead atoms. The largest absolute Gasteiger partial charge is 0.399 e. The molecule has 0 saturated carbocycles. The highest BCUT2D eigenvalue weighted by Gasteiger charge is 2.25. The van der Waals surface area contributed by atoms with E-state index in [0.717, 1.165) is 6.42 Å². The van der Waals surface area contributed by atoms with Gasteiger partial charge >= 0.3 is 0 Å². The first kappa shape index (κ1) is 12.4. The Hall–Kier alpha value is -1.10. The standard InChI is InChI=1S/C12H16FNO2S/c13-11-3-4-12(14)10(7-11)6-9-2-1-5-17(15,16)8-9/h3-4,7,9H,1-2,5-6,8,14H2. The molecule has 1 aromatic rings. The number of hydrogen-bond acceptors (Lipinski definition) is 3. The van der Waals surface area contributed by atoms with E-state index >= 15 is 0 Å². The van der Waals surface area contributed by atoms with Crippen molar-refractivity contribution < 1.29 is 12.8 Å². The van der Waals surface area contributed by atoms with Gasteiger partial charge in [-0.25, -0.2) is 12.8 Å². The van der Waals surface area contributed by atoms with E-state index in [4.69, 9.17) is 5.73 Å². The van der Waals surface area contributed by atoms with Gasteiger partial charge in [-0.05, 0) is 48.9 Å². The van der Waals surface area contributed by atoms with Crippen LogP contribution in [0, 0.1) is 11.7 Å². The Bertz CT molecular complexity index is 513.